The highest BCUT2D eigenvalue weighted by Crippen LogP contribution is 2.41. The maximum atomic E-state index is 12.8. The van der Waals surface area contributed by atoms with Gasteiger partial charge in [-0.2, -0.15) is 0 Å². The lowest BCUT2D eigenvalue weighted by Gasteiger charge is -2.21. The molecule has 0 aromatic carbocycles. The Morgan fingerprint density at radius 1 is 1.41 bits per heavy atom. The van der Waals surface area contributed by atoms with E-state index in [0.717, 1.165) is 11.4 Å². The monoisotopic (exact) mass is 306 g/mol. The molecule has 6 nitrogen and oxygen atoms in total. The number of hydrogen-bond acceptors (Lipinski definition) is 4. The Bertz CT molecular complexity index is 659. The van der Waals surface area contributed by atoms with Crippen LogP contribution in [0.4, 0.5) is 5.82 Å². The van der Waals surface area contributed by atoms with Crippen LogP contribution in [-0.2, 0) is 10.2 Å². The van der Waals surface area contributed by atoms with Crippen LogP contribution in [0, 0.1) is 6.92 Å². The Hall–Kier alpha value is -1.85. The number of aryl methyl sites for hydroxylation is 1. The summed E-state index contributed by atoms with van der Waals surface area (Å²) in [7, 11) is 3.58. The highest BCUT2D eigenvalue weighted by atomic mass is 16.2. The average Bonchev–Trinajstić information content (AvgIpc) is 2.65. The summed E-state index contributed by atoms with van der Waals surface area (Å²) in [4.78, 5) is 31.5. The van der Waals surface area contributed by atoms with E-state index in [0.29, 0.717) is 12.2 Å². The molecule has 1 atom stereocenters. The van der Waals surface area contributed by atoms with E-state index in [1.807, 2.05) is 20.8 Å². The van der Waals surface area contributed by atoms with E-state index in [1.54, 1.807) is 23.6 Å². The zero-order chi connectivity index (χ0) is 16.8. The number of aromatic nitrogens is 2. The summed E-state index contributed by atoms with van der Waals surface area (Å²) in [5, 5.41) is 2.93. The van der Waals surface area contributed by atoms with Crippen LogP contribution in [0.2, 0.25) is 0 Å². The molecule has 1 amide bonds. The van der Waals surface area contributed by atoms with Crippen molar-refractivity contribution in [3.63, 3.8) is 0 Å². The lowest BCUT2D eigenvalue weighted by Crippen LogP contribution is -2.40. The van der Waals surface area contributed by atoms with Crippen molar-refractivity contribution in [2.75, 3.05) is 19.0 Å². The third-order valence-electron chi connectivity index (χ3n) is 4.08. The van der Waals surface area contributed by atoms with Crippen LogP contribution >= 0.6 is 0 Å². The lowest BCUT2D eigenvalue weighted by atomic mass is 9.85. The van der Waals surface area contributed by atoms with Crippen LogP contribution < -0.4 is 15.8 Å². The van der Waals surface area contributed by atoms with Gasteiger partial charge >= 0.3 is 0 Å². The number of hydrogen-bond donors (Lipinski definition) is 1. The molecule has 0 spiro atoms. The van der Waals surface area contributed by atoms with E-state index < -0.39 is 6.04 Å². The van der Waals surface area contributed by atoms with Crippen molar-refractivity contribution in [1.82, 2.24) is 14.9 Å². The van der Waals surface area contributed by atoms with Gasteiger partial charge in [-0.1, -0.05) is 13.8 Å². The van der Waals surface area contributed by atoms with Crippen LogP contribution in [0.25, 0.3) is 0 Å². The minimum Gasteiger partial charge on any atom is -0.358 e. The van der Waals surface area contributed by atoms with Gasteiger partial charge in [-0.3, -0.25) is 14.2 Å². The van der Waals surface area contributed by atoms with E-state index in [9.17, 15) is 9.59 Å². The molecule has 0 bridgehead atoms. The molecular weight excluding hydrogens is 280 g/mol. The fraction of sp³-hybridized carbons (Fsp3) is 0.688. The number of carbonyl (C=O) groups excluding carboxylic acids is 1. The minimum atomic E-state index is -0.472. The summed E-state index contributed by atoms with van der Waals surface area (Å²) in [6, 6.07) is -0.424. The first kappa shape index (κ1) is 16.5. The predicted molar refractivity (Wildman–Crippen MR) is 87.5 cm³/mol. The van der Waals surface area contributed by atoms with E-state index in [1.165, 1.54) is 0 Å². The molecule has 0 fully saturated rings. The SMILES string of the molecule is Cc1nc(N(C)C)c(=O)n2c1C(C)(C)C[C@H]2C(=O)NC(C)C. The Labute approximate surface area is 131 Å². The number of amides is 1. The smallest absolute Gasteiger partial charge is 0.294 e. The third kappa shape index (κ3) is 2.62. The fourth-order valence-corrected chi connectivity index (χ4v) is 3.31. The van der Waals surface area contributed by atoms with Gasteiger partial charge in [-0.25, -0.2) is 4.98 Å². The van der Waals surface area contributed by atoms with Crippen LogP contribution in [-0.4, -0.2) is 35.6 Å². The average molecular weight is 306 g/mol. The van der Waals surface area contributed by atoms with Crippen molar-refractivity contribution in [2.24, 2.45) is 0 Å². The molecule has 1 N–H and O–H groups in total. The van der Waals surface area contributed by atoms with Crippen LogP contribution in [0.3, 0.4) is 0 Å². The van der Waals surface area contributed by atoms with Crippen molar-refractivity contribution in [2.45, 2.75) is 58.5 Å². The van der Waals surface area contributed by atoms with Gasteiger partial charge in [0.25, 0.3) is 5.56 Å². The molecule has 122 valence electrons. The van der Waals surface area contributed by atoms with Crippen LogP contribution in [0.15, 0.2) is 4.79 Å². The van der Waals surface area contributed by atoms with Gasteiger partial charge in [-0.05, 0) is 27.2 Å². The second kappa shape index (κ2) is 5.41. The van der Waals surface area contributed by atoms with E-state index >= 15 is 0 Å². The molecule has 22 heavy (non-hydrogen) atoms. The Balaban J connectivity index is 2.65. The van der Waals surface area contributed by atoms with Gasteiger partial charge in [0, 0.05) is 31.2 Å². The first-order chi connectivity index (χ1) is 10.1. The standard InChI is InChI=1S/C16H26N4O2/c1-9(2)17-14(21)11-8-16(4,5)12-10(3)18-13(19(6)7)15(22)20(11)12/h9,11H,8H2,1-7H3,(H,17,21)/t11-/m0/s1. The molecule has 0 aliphatic carbocycles. The first-order valence-corrected chi connectivity index (χ1v) is 7.67. The van der Waals surface area contributed by atoms with E-state index in [4.69, 9.17) is 0 Å². The lowest BCUT2D eigenvalue weighted by molar-refractivity contribution is -0.124. The second-order valence-electron chi connectivity index (χ2n) is 7.21. The molecule has 1 aromatic heterocycles. The molecule has 0 radical (unpaired) electrons. The summed E-state index contributed by atoms with van der Waals surface area (Å²) in [5.74, 6) is 0.278. The Morgan fingerprint density at radius 3 is 2.50 bits per heavy atom. The molecule has 1 aromatic rings. The maximum Gasteiger partial charge on any atom is 0.294 e. The molecule has 6 heteroatoms. The predicted octanol–water partition coefficient (Wildman–Crippen LogP) is 1.36. The number of rotatable bonds is 3. The van der Waals surface area contributed by atoms with Gasteiger partial charge < -0.3 is 10.2 Å². The van der Waals surface area contributed by atoms with Crippen LogP contribution in [0.5, 0.6) is 0 Å². The molecule has 1 aliphatic rings. The number of nitrogens with zero attached hydrogens (tertiary/aromatic N) is 3. The summed E-state index contributed by atoms with van der Waals surface area (Å²) in [6.07, 6.45) is 0.611. The van der Waals surface area contributed by atoms with Gasteiger partial charge in [-0.15, -0.1) is 0 Å². The van der Waals surface area contributed by atoms with Crippen molar-refractivity contribution >= 4 is 11.7 Å². The van der Waals surface area contributed by atoms with E-state index in [-0.39, 0.29) is 22.9 Å². The summed E-state index contributed by atoms with van der Waals surface area (Å²) >= 11 is 0. The zero-order valence-electron chi connectivity index (χ0n) is 14.5. The number of fused-ring (bicyclic) bond motifs is 1. The number of anilines is 1. The molecule has 1 aliphatic heterocycles. The number of nitrogens with one attached hydrogen (secondary N) is 1. The van der Waals surface area contributed by atoms with Crippen LogP contribution in [0.1, 0.15) is 51.5 Å². The highest BCUT2D eigenvalue weighted by Gasteiger charge is 2.43. The first-order valence-electron chi connectivity index (χ1n) is 7.67. The normalized spacial score (nSPS) is 19.2. The summed E-state index contributed by atoms with van der Waals surface area (Å²) in [5.41, 5.74) is 1.24. The Kier molecular flexibility index (Phi) is 4.06. The molecule has 2 heterocycles. The van der Waals surface area contributed by atoms with E-state index in [2.05, 4.69) is 24.1 Å². The van der Waals surface area contributed by atoms with Gasteiger partial charge in [0.2, 0.25) is 5.91 Å². The van der Waals surface area contributed by atoms with Crippen molar-refractivity contribution < 1.29 is 4.79 Å². The van der Waals surface area contributed by atoms with Gasteiger partial charge in [0.1, 0.15) is 6.04 Å². The summed E-state index contributed by atoms with van der Waals surface area (Å²) in [6.45, 7) is 9.87. The quantitative estimate of drug-likeness (QED) is 0.916. The fourth-order valence-electron chi connectivity index (χ4n) is 3.31. The van der Waals surface area contributed by atoms with Gasteiger partial charge in [0.05, 0.1) is 5.69 Å². The summed E-state index contributed by atoms with van der Waals surface area (Å²) < 4.78 is 1.65. The highest BCUT2D eigenvalue weighted by molar-refractivity contribution is 5.81. The van der Waals surface area contributed by atoms with Crippen molar-refractivity contribution in [3.05, 3.63) is 21.7 Å². The number of carbonyl (C=O) groups is 1. The molecule has 0 saturated carbocycles. The van der Waals surface area contributed by atoms with Crippen molar-refractivity contribution in [3.8, 4) is 0 Å². The maximum absolute atomic E-state index is 12.8. The largest absolute Gasteiger partial charge is 0.358 e. The third-order valence-corrected chi connectivity index (χ3v) is 4.08. The second-order valence-corrected chi connectivity index (χ2v) is 7.21. The minimum absolute atomic E-state index is 0.0478. The molecule has 0 unspecified atom stereocenters. The topological polar surface area (TPSA) is 67.2 Å². The van der Waals surface area contributed by atoms with Gasteiger partial charge in [0.15, 0.2) is 5.82 Å². The molecule has 2 rings (SSSR count). The molecular formula is C16H26N4O2. The van der Waals surface area contributed by atoms with Crippen molar-refractivity contribution in [1.29, 1.82) is 0 Å². The molecule has 0 saturated heterocycles. The Morgan fingerprint density at radius 2 is 2.00 bits per heavy atom. The zero-order valence-corrected chi connectivity index (χ0v) is 14.5.